The number of aryl methyl sites for hydroxylation is 2. The number of halogens is 3. The zero-order valence-electron chi connectivity index (χ0n) is 14.3. The van der Waals surface area contributed by atoms with Crippen LogP contribution in [0.3, 0.4) is 0 Å². The zero-order valence-corrected chi connectivity index (χ0v) is 14.3. The molecule has 1 aliphatic heterocycles. The van der Waals surface area contributed by atoms with Gasteiger partial charge in [-0.25, -0.2) is 0 Å². The number of rotatable bonds is 1. The second-order valence-corrected chi connectivity index (χ2v) is 6.33. The Kier molecular flexibility index (Phi) is 3.68. The van der Waals surface area contributed by atoms with Gasteiger partial charge in [-0.15, -0.1) is 0 Å². The summed E-state index contributed by atoms with van der Waals surface area (Å²) in [5, 5.41) is 0. The van der Waals surface area contributed by atoms with E-state index in [-0.39, 0.29) is 0 Å². The van der Waals surface area contributed by atoms with Crippen molar-refractivity contribution in [2.75, 3.05) is 4.90 Å². The number of fused-ring (bicyclic) bond motifs is 2. The summed E-state index contributed by atoms with van der Waals surface area (Å²) in [7, 11) is 0. The fourth-order valence-electron chi connectivity index (χ4n) is 3.42. The molecule has 0 N–H and O–H groups in total. The van der Waals surface area contributed by atoms with Crippen LogP contribution in [-0.4, -0.2) is 0 Å². The second kappa shape index (κ2) is 5.80. The van der Waals surface area contributed by atoms with Crippen molar-refractivity contribution in [3.05, 3.63) is 77.4 Å². The lowest BCUT2D eigenvalue weighted by atomic mass is 10.0. The highest BCUT2D eigenvalue weighted by Crippen LogP contribution is 2.51. The number of alkyl halides is 3. The van der Waals surface area contributed by atoms with E-state index in [0.717, 1.165) is 17.1 Å². The summed E-state index contributed by atoms with van der Waals surface area (Å²) in [4.78, 5) is 1.97. The van der Waals surface area contributed by atoms with Crippen LogP contribution < -0.4 is 9.64 Å². The fraction of sp³-hybridized carbons (Fsp3) is 0.143. The van der Waals surface area contributed by atoms with Gasteiger partial charge in [0, 0.05) is 0 Å². The lowest BCUT2D eigenvalue weighted by Crippen LogP contribution is -2.18. The van der Waals surface area contributed by atoms with E-state index >= 15 is 0 Å². The third kappa shape index (κ3) is 2.60. The number of hydrogen-bond donors (Lipinski definition) is 0. The highest BCUT2D eigenvalue weighted by atomic mass is 19.4. The summed E-state index contributed by atoms with van der Waals surface area (Å²) in [6.07, 6.45) is -4.37. The number of benzene rings is 3. The first kappa shape index (κ1) is 16.5. The molecule has 0 bridgehead atoms. The zero-order chi connectivity index (χ0) is 18.5. The molecule has 0 saturated heterocycles. The minimum absolute atomic E-state index is 0.559. The van der Waals surface area contributed by atoms with Crippen LogP contribution in [0.4, 0.5) is 30.2 Å². The molecule has 1 aliphatic rings. The van der Waals surface area contributed by atoms with Crippen molar-refractivity contribution >= 4 is 17.1 Å². The minimum atomic E-state index is -4.37. The Morgan fingerprint density at radius 1 is 0.769 bits per heavy atom. The molecule has 0 radical (unpaired) electrons. The van der Waals surface area contributed by atoms with E-state index in [2.05, 4.69) is 0 Å². The van der Waals surface area contributed by atoms with Gasteiger partial charge in [-0.2, -0.15) is 13.2 Å². The van der Waals surface area contributed by atoms with Gasteiger partial charge in [0.15, 0.2) is 11.5 Å². The lowest BCUT2D eigenvalue weighted by molar-refractivity contribution is -0.137. The van der Waals surface area contributed by atoms with Crippen LogP contribution in [0.2, 0.25) is 0 Å². The highest BCUT2D eigenvalue weighted by molar-refractivity contribution is 5.88. The van der Waals surface area contributed by atoms with Crippen LogP contribution in [-0.2, 0) is 6.18 Å². The van der Waals surface area contributed by atoms with Gasteiger partial charge in [0.1, 0.15) is 0 Å². The molecule has 0 spiro atoms. The van der Waals surface area contributed by atoms with E-state index in [1.54, 1.807) is 13.8 Å². The van der Waals surface area contributed by atoms with Crippen LogP contribution >= 0.6 is 0 Å². The number of nitrogens with zero attached hydrogens (tertiary/aromatic N) is 1. The first-order valence-corrected chi connectivity index (χ1v) is 8.21. The van der Waals surface area contributed by atoms with Gasteiger partial charge >= 0.3 is 6.18 Å². The third-order valence-electron chi connectivity index (χ3n) is 4.47. The van der Waals surface area contributed by atoms with E-state index in [1.807, 2.05) is 53.4 Å². The number of anilines is 3. The minimum Gasteiger partial charge on any atom is -0.453 e. The van der Waals surface area contributed by atoms with Crippen molar-refractivity contribution in [3.8, 4) is 11.5 Å². The molecule has 3 aromatic carbocycles. The van der Waals surface area contributed by atoms with E-state index in [0.29, 0.717) is 22.6 Å². The number of hydrogen-bond acceptors (Lipinski definition) is 2. The van der Waals surface area contributed by atoms with Crippen molar-refractivity contribution in [3.63, 3.8) is 0 Å². The maximum Gasteiger partial charge on any atom is 0.416 e. The molecule has 1 heterocycles. The topological polar surface area (TPSA) is 12.5 Å². The third-order valence-corrected chi connectivity index (χ3v) is 4.47. The van der Waals surface area contributed by atoms with Crippen molar-refractivity contribution in [1.82, 2.24) is 0 Å². The Labute approximate surface area is 149 Å². The Morgan fingerprint density at radius 2 is 1.23 bits per heavy atom. The molecule has 26 heavy (non-hydrogen) atoms. The molecular formula is C21H16F3NO. The van der Waals surface area contributed by atoms with E-state index < -0.39 is 11.7 Å². The van der Waals surface area contributed by atoms with E-state index in [1.165, 1.54) is 12.1 Å². The summed E-state index contributed by atoms with van der Waals surface area (Å²) >= 11 is 0. The van der Waals surface area contributed by atoms with Gasteiger partial charge in [0.25, 0.3) is 0 Å². The van der Waals surface area contributed by atoms with Gasteiger partial charge in [-0.3, -0.25) is 0 Å². The largest absolute Gasteiger partial charge is 0.453 e. The molecule has 132 valence electrons. The fourth-order valence-corrected chi connectivity index (χ4v) is 3.42. The summed E-state index contributed by atoms with van der Waals surface area (Å²) < 4.78 is 45.5. The maximum atomic E-state index is 13.2. The molecule has 0 saturated carbocycles. The molecule has 0 atom stereocenters. The molecule has 0 amide bonds. The summed E-state index contributed by atoms with van der Waals surface area (Å²) in [6.45, 7) is 3.41. The number of ether oxygens (including phenoxy) is 1. The van der Waals surface area contributed by atoms with Crippen molar-refractivity contribution in [2.45, 2.75) is 20.0 Å². The summed E-state index contributed by atoms with van der Waals surface area (Å²) in [5.74, 6) is 1.34. The Hall–Kier alpha value is -2.95. The van der Waals surface area contributed by atoms with E-state index in [9.17, 15) is 13.2 Å². The molecule has 0 aliphatic carbocycles. The highest BCUT2D eigenvalue weighted by Gasteiger charge is 2.33. The monoisotopic (exact) mass is 355 g/mol. The summed E-state index contributed by atoms with van der Waals surface area (Å²) in [5.41, 5.74) is 2.83. The van der Waals surface area contributed by atoms with Crippen LogP contribution in [0, 0.1) is 13.8 Å². The molecule has 2 nitrogen and oxygen atoms in total. The quantitative estimate of drug-likeness (QED) is 0.368. The predicted octanol–water partition coefficient (Wildman–Crippen LogP) is 6.90. The van der Waals surface area contributed by atoms with Gasteiger partial charge in [-0.05, 0) is 61.4 Å². The second-order valence-electron chi connectivity index (χ2n) is 6.33. The van der Waals surface area contributed by atoms with Crippen LogP contribution in [0.5, 0.6) is 11.5 Å². The van der Waals surface area contributed by atoms with Crippen molar-refractivity contribution in [1.29, 1.82) is 0 Å². The standard InChI is InChI=1S/C21H16F3NO/c1-13-11-15(21(22,23)24)12-14(2)20(13)25-16-7-3-5-9-18(16)26-19-10-6-4-8-17(19)25/h3-12H,1-2H3. The smallest absolute Gasteiger partial charge is 0.416 e. The summed E-state index contributed by atoms with van der Waals surface area (Å²) in [6, 6.07) is 17.4. The Morgan fingerprint density at radius 3 is 1.69 bits per heavy atom. The van der Waals surface area contributed by atoms with Gasteiger partial charge in [0.2, 0.25) is 0 Å². The lowest BCUT2D eigenvalue weighted by Gasteiger charge is -2.34. The van der Waals surface area contributed by atoms with Crippen LogP contribution in [0.15, 0.2) is 60.7 Å². The predicted molar refractivity (Wildman–Crippen MR) is 95.7 cm³/mol. The molecule has 0 unspecified atom stereocenters. The molecule has 0 fully saturated rings. The first-order valence-electron chi connectivity index (χ1n) is 8.21. The SMILES string of the molecule is Cc1cc(C(F)(F)F)cc(C)c1N1c2ccccc2Oc2ccccc21. The van der Waals surface area contributed by atoms with Gasteiger partial charge < -0.3 is 9.64 Å². The normalized spacial score (nSPS) is 13.0. The molecule has 4 rings (SSSR count). The molecular weight excluding hydrogens is 339 g/mol. The number of para-hydroxylation sites is 4. The van der Waals surface area contributed by atoms with Gasteiger partial charge in [-0.1, -0.05) is 24.3 Å². The average Bonchev–Trinajstić information content (AvgIpc) is 2.59. The average molecular weight is 355 g/mol. The first-order chi connectivity index (χ1) is 12.4. The molecule has 3 aromatic rings. The Bertz CT molecular complexity index is 926. The van der Waals surface area contributed by atoms with Crippen molar-refractivity contribution < 1.29 is 17.9 Å². The molecule has 0 aromatic heterocycles. The van der Waals surface area contributed by atoms with Crippen LogP contribution in [0.1, 0.15) is 16.7 Å². The van der Waals surface area contributed by atoms with Gasteiger partial charge in [0.05, 0.1) is 22.6 Å². The van der Waals surface area contributed by atoms with E-state index in [4.69, 9.17) is 4.74 Å². The van der Waals surface area contributed by atoms with Crippen LogP contribution in [0.25, 0.3) is 0 Å². The maximum absolute atomic E-state index is 13.2. The molecule has 5 heteroatoms. The van der Waals surface area contributed by atoms with Crippen molar-refractivity contribution in [2.24, 2.45) is 0 Å². The Balaban J connectivity index is 1.97.